The highest BCUT2D eigenvalue weighted by molar-refractivity contribution is 5.92. The molecule has 3 atom stereocenters. The molecule has 2 aromatic rings. The fourth-order valence-electron chi connectivity index (χ4n) is 4.36. The van der Waals surface area contributed by atoms with Crippen LogP contribution in [0.15, 0.2) is 42.6 Å². The fourth-order valence-corrected chi connectivity index (χ4v) is 4.36. The number of nitrogens with one attached hydrogen (secondary N) is 3. The molecule has 0 bridgehead atoms. The van der Waals surface area contributed by atoms with Gasteiger partial charge in [0.2, 0.25) is 17.8 Å². The smallest absolute Gasteiger partial charge is 0.246 e. The standard InChI is InChI=1S/C30H40FN7O2/c1-21(38(5)27(39)13-8-16-37(3)4)29(40)35-26-12-7-9-22(18-26)14-15-24-20-34-30(32-2)36-28(24)33-19-23-10-6-11-25(31)17-23/h6,8,10-11,13,17,20-22,26H,7,9,12,16,18-19H2,1-5H3,(H,35,40)(H2,32,33,34,36)/t21-,22-,26-/m0/s1. The number of rotatable bonds is 10. The zero-order valence-electron chi connectivity index (χ0n) is 24.0. The highest BCUT2D eigenvalue weighted by Crippen LogP contribution is 2.24. The number of amides is 2. The quantitative estimate of drug-likeness (QED) is 0.309. The molecule has 0 saturated heterocycles. The van der Waals surface area contributed by atoms with Crippen LogP contribution in [0.3, 0.4) is 0 Å². The third-order valence-corrected chi connectivity index (χ3v) is 6.83. The lowest BCUT2D eigenvalue weighted by Gasteiger charge is -2.30. The monoisotopic (exact) mass is 549 g/mol. The Balaban J connectivity index is 1.61. The van der Waals surface area contributed by atoms with E-state index in [9.17, 15) is 14.0 Å². The molecule has 0 unspecified atom stereocenters. The maximum atomic E-state index is 13.6. The van der Waals surface area contributed by atoms with Crippen LogP contribution in [0.25, 0.3) is 0 Å². The normalized spacial score (nSPS) is 17.6. The minimum absolute atomic E-state index is 0.00993. The number of halogens is 1. The van der Waals surface area contributed by atoms with Crippen molar-refractivity contribution in [1.82, 2.24) is 25.1 Å². The van der Waals surface area contributed by atoms with Gasteiger partial charge >= 0.3 is 0 Å². The molecule has 1 heterocycles. The van der Waals surface area contributed by atoms with Crippen LogP contribution in [0.2, 0.25) is 0 Å². The lowest BCUT2D eigenvalue weighted by Crippen LogP contribution is -2.49. The van der Waals surface area contributed by atoms with E-state index < -0.39 is 6.04 Å². The number of likely N-dealkylation sites (N-methyl/N-ethyl adjacent to an activating group) is 2. The lowest BCUT2D eigenvalue weighted by molar-refractivity contribution is -0.135. The Morgan fingerprint density at radius 2 is 2.05 bits per heavy atom. The molecule has 2 amide bonds. The van der Waals surface area contributed by atoms with Gasteiger partial charge in [-0.25, -0.2) is 9.37 Å². The predicted octanol–water partition coefficient (Wildman–Crippen LogP) is 3.26. The van der Waals surface area contributed by atoms with Gasteiger partial charge in [0.1, 0.15) is 17.7 Å². The lowest BCUT2D eigenvalue weighted by atomic mass is 9.86. The Kier molecular flexibility index (Phi) is 11.5. The minimum atomic E-state index is -0.586. The van der Waals surface area contributed by atoms with Crippen LogP contribution in [0.4, 0.5) is 16.2 Å². The van der Waals surface area contributed by atoms with Crippen molar-refractivity contribution in [3.63, 3.8) is 0 Å². The van der Waals surface area contributed by atoms with Crippen molar-refractivity contribution in [3.05, 3.63) is 59.6 Å². The largest absolute Gasteiger partial charge is 0.365 e. The third kappa shape index (κ3) is 9.35. The first-order valence-electron chi connectivity index (χ1n) is 13.6. The molecular formula is C30H40FN7O2. The summed E-state index contributed by atoms with van der Waals surface area (Å²) in [6, 6.07) is 5.81. The Morgan fingerprint density at radius 1 is 1.25 bits per heavy atom. The first kappa shape index (κ1) is 30.6. The van der Waals surface area contributed by atoms with E-state index in [0.29, 0.717) is 30.4 Å². The fraction of sp³-hybridized carbons (Fsp3) is 0.467. The molecule has 1 aliphatic carbocycles. The van der Waals surface area contributed by atoms with Crippen molar-refractivity contribution in [2.45, 2.75) is 51.2 Å². The predicted molar refractivity (Wildman–Crippen MR) is 156 cm³/mol. The van der Waals surface area contributed by atoms with Gasteiger partial charge in [-0.3, -0.25) is 9.59 Å². The Bertz CT molecular complexity index is 1250. The molecule has 1 aromatic carbocycles. The summed E-state index contributed by atoms with van der Waals surface area (Å²) >= 11 is 0. The molecule has 1 saturated carbocycles. The number of hydrogen-bond donors (Lipinski definition) is 3. The summed E-state index contributed by atoms with van der Waals surface area (Å²) in [4.78, 5) is 37.6. The third-order valence-electron chi connectivity index (χ3n) is 6.83. The van der Waals surface area contributed by atoms with Crippen molar-refractivity contribution in [3.8, 4) is 11.8 Å². The average Bonchev–Trinajstić information content (AvgIpc) is 2.94. The summed E-state index contributed by atoms with van der Waals surface area (Å²) < 4.78 is 13.6. The van der Waals surface area contributed by atoms with Crippen LogP contribution in [0.5, 0.6) is 0 Å². The Hall–Kier alpha value is -3.97. The molecule has 10 heteroatoms. The summed E-state index contributed by atoms with van der Waals surface area (Å²) in [7, 11) is 7.23. The molecule has 3 N–H and O–H groups in total. The van der Waals surface area contributed by atoms with Crippen LogP contribution < -0.4 is 16.0 Å². The van der Waals surface area contributed by atoms with E-state index in [1.165, 1.54) is 23.1 Å². The first-order valence-corrected chi connectivity index (χ1v) is 13.6. The van der Waals surface area contributed by atoms with Gasteiger partial charge in [-0.1, -0.05) is 36.5 Å². The summed E-state index contributed by atoms with van der Waals surface area (Å²) in [5, 5.41) is 9.29. The summed E-state index contributed by atoms with van der Waals surface area (Å²) in [6.07, 6.45) is 8.44. The Morgan fingerprint density at radius 3 is 2.77 bits per heavy atom. The van der Waals surface area contributed by atoms with E-state index in [0.717, 1.165) is 31.2 Å². The number of nitrogens with zero attached hydrogens (tertiary/aromatic N) is 4. The molecule has 1 aliphatic rings. The maximum Gasteiger partial charge on any atom is 0.246 e. The van der Waals surface area contributed by atoms with Crippen molar-refractivity contribution < 1.29 is 14.0 Å². The van der Waals surface area contributed by atoms with Gasteiger partial charge in [-0.05, 0) is 58.0 Å². The number of anilines is 2. The van der Waals surface area contributed by atoms with Crippen LogP contribution in [0, 0.1) is 23.6 Å². The van der Waals surface area contributed by atoms with E-state index in [4.69, 9.17) is 0 Å². The first-order chi connectivity index (χ1) is 19.2. The van der Waals surface area contributed by atoms with Gasteiger partial charge in [0.15, 0.2) is 0 Å². The molecule has 0 spiro atoms. The number of carbonyl (C=O) groups is 2. The second-order valence-corrected chi connectivity index (χ2v) is 10.3. The molecule has 40 heavy (non-hydrogen) atoms. The van der Waals surface area contributed by atoms with Crippen LogP contribution in [-0.2, 0) is 16.1 Å². The summed E-state index contributed by atoms with van der Waals surface area (Å²) in [6.45, 7) is 2.78. The second-order valence-electron chi connectivity index (χ2n) is 10.3. The van der Waals surface area contributed by atoms with Gasteiger partial charge in [0, 0.05) is 45.2 Å². The van der Waals surface area contributed by atoms with E-state index in [1.807, 2.05) is 25.1 Å². The van der Waals surface area contributed by atoms with Crippen LogP contribution in [-0.4, -0.2) is 78.4 Å². The van der Waals surface area contributed by atoms with E-state index in [-0.39, 0.29) is 29.6 Å². The number of carbonyl (C=O) groups excluding carboxylic acids is 2. The van der Waals surface area contributed by atoms with Crippen LogP contribution >= 0.6 is 0 Å². The Labute approximate surface area is 236 Å². The van der Waals surface area contributed by atoms with Crippen molar-refractivity contribution >= 4 is 23.6 Å². The number of hydrogen-bond acceptors (Lipinski definition) is 7. The number of benzene rings is 1. The maximum absolute atomic E-state index is 13.6. The van der Waals surface area contributed by atoms with Crippen LogP contribution in [0.1, 0.15) is 43.7 Å². The zero-order chi connectivity index (χ0) is 29.1. The zero-order valence-corrected chi connectivity index (χ0v) is 24.0. The molecule has 1 fully saturated rings. The van der Waals surface area contributed by atoms with E-state index in [1.54, 1.807) is 39.4 Å². The highest BCUT2D eigenvalue weighted by atomic mass is 19.1. The summed E-state index contributed by atoms with van der Waals surface area (Å²) in [5.74, 6) is 7.03. The van der Waals surface area contributed by atoms with Crippen molar-refractivity contribution in [2.24, 2.45) is 5.92 Å². The van der Waals surface area contributed by atoms with E-state index >= 15 is 0 Å². The van der Waals surface area contributed by atoms with Crippen molar-refractivity contribution in [1.29, 1.82) is 0 Å². The van der Waals surface area contributed by atoms with Gasteiger partial charge in [-0.15, -0.1) is 0 Å². The molecule has 9 nitrogen and oxygen atoms in total. The van der Waals surface area contributed by atoms with E-state index in [2.05, 4.69) is 37.8 Å². The molecule has 214 valence electrons. The second kappa shape index (κ2) is 15.0. The minimum Gasteiger partial charge on any atom is -0.365 e. The molecule has 0 aliphatic heterocycles. The van der Waals surface area contributed by atoms with Gasteiger partial charge in [0.05, 0.1) is 11.8 Å². The number of aromatic nitrogens is 2. The molecule has 3 rings (SSSR count). The van der Waals surface area contributed by atoms with Crippen molar-refractivity contribution in [2.75, 3.05) is 45.4 Å². The average molecular weight is 550 g/mol. The summed E-state index contributed by atoms with van der Waals surface area (Å²) in [5.41, 5.74) is 1.44. The van der Waals surface area contributed by atoms with Gasteiger partial charge in [-0.2, -0.15) is 4.98 Å². The molecule has 0 radical (unpaired) electrons. The van der Waals surface area contributed by atoms with Gasteiger partial charge in [0.25, 0.3) is 0 Å². The topological polar surface area (TPSA) is 102 Å². The van der Waals surface area contributed by atoms with Gasteiger partial charge < -0.3 is 25.8 Å². The molecule has 1 aromatic heterocycles. The highest BCUT2D eigenvalue weighted by Gasteiger charge is 2.26. The molecular weight excluding hydrogens is 509 g/mol. The SMILES string of the molecule is CNc1ncc(C#C[C@@H]2CCC[C@H](NC(=O)[C@H](C)N(C)C(=O)C=CCN(C)C)C2)c(NCc2cccc(F)c2)n1.